The van der Waals surface area contributed by atoms with Gasteiger partial charge in [0.1, 0.15) is 6.61 Å². The van der Waals surface area contributed by atoms with Crippen LogP contribution in [0.2, 0.25) is 0 Å². The quantitative estimate of drug-likeness (QED) is 0.785. The van der Waals surface area contributed by atoms with Crippen molar-refractivity contribution in [2.24, 2.45) is 0 Å². The fourth-order valence-corrected chi connectivity index (χ4v) is 1.68. The molecule has 0 spiro atoms. The van der Waals surface area contributed by atoms with Gasteiger partial charge in [-0.3, -0.25) is 4.79 Å². The van der Waals surface area contributed by atoms with Gasteiger partial charge in [0.15, 0.2) is 11.5 Å². The molecule has 1 N–H and O–H groups in total. The summed E-state index contributed by atoms with van der Waals surface area (Å²) in [6.45, 7) is 0.0884. The number of hydrogen-bond acceptors (Lipinski definition) is 4. The molecule has 0 bridgehead atoms. The van der Waals surface area contributed by atoms with E-state index in [1.807, 2.05) is 0 Å². The minimum absolute atomic E-state index is 0.177. The number of alkyl halides is 3. The molecule has 0 aromatic heterocycles. The first kappa shape index (κ1) is 18.1. The van der Waals surface area contributed by atoms with Crippen molar-refractivity contribution < 1.29 is 32.2 Å². The number of carbonyl (C=O) groups excluding carboxylic acids is 1. The molecule has 0 heterocycles. The molecule has 0 fully saturated rings. The molecule has 0 aliphatic carbocycles. The second-order valence-electron chi connectivity index (χ2n) is 4.49. The summed E-state index contributed by atoms with van der Waals surface area (Å²) in [5, 5.41) is 2.60. The second kappa shape index (κ2) is 7.88. The lowest BCUT2D eigenvalue weighted by Gasteiger charge is -2.14. The Kier molecular flexibility index (Phi) is 6.48. The third-order valence-corrected chi connectivity index (χ3v) is 2.74. The van der Waals surface area contributed by atoms with Gasteiger partial charge in [0.25, 0.3) is 0 Å². The van der Waals surface area contributed by atoms with Crippen LogP contribution >= 0.6 is 0 Å². The van der Waals surface area contributed by atoms with Crippen molar-refractivity contribution >= 4 is 11.6 Å². The van der Waals surface area contributed by atoms with Crippen molar-refractivity contribution in [3.05, 3.63) is 17.7 Å². The summed E-state index contributed by atoms with van der Waals surface area (Å²) >= 11 is 0. The van der Waals surface area contributed by atoms with Gasteiger partial charge in [-0.2, -0.15) is 13.2 Å². The van der Waals surface area contributed by atoms with Crippen molar-refractivity contribution in [1.82, 2.24) is 0 Å². The molecule has 0 aliphatic rings. The number of ether oxygens (including phenoxy) is 3. The van der Waals surface area contributed by atoms with Crippen LogP contribution in [0.1, 0.15) is 12.0 Å². The van der Waals surface area contributed by atoms with Crippen molar-refractivity contribution in [3.63, 3.8) is 0 Å². The fraction of sp³-hybridized carbons (Fsp3) is 0.500. The number of anilines is 1. The van der Waals surface area contributed by atoms with Crippen LogP contribution in [0.4, 0.5) is 18.9 Å². The average Bonchev–Trinajstić information content (AvgIpc) is 2.44. The molecule has 8 heteroatoms. The summed E-state index contributed by atoms with van der Waals surface area (Å²) in [6, 6.07) is 3.28. The van der Waals surface area contributed by atoms with Crippen LogP contribution in [0.5, 0.6) is 11.5 Å². The zero-order valence-corrected chi connectivity index (χ0v) is 12.5. The Morgan fingerprint density at radius 1 is 1.18 bits per heavy atom. The van der Waals surface area contributed by atoms with Crippen LogP contribution in [0, 0.1) is 6.92 Å². The normalized spacial score (nSPS) is 11.2. The van der Waals surface area contributed by atoms with E-state index in [2.05, 4.69) is 10.1 Å². The van der Waals surface area contributed by atoms with E-state index >= 15 is 0 Å². The third kappa shape index (κ3) is 5.80. The van der Waals surface area contributed by atoms with Crippen molar-refractivity contribution in [3.8, 4) is 11.5 Å². The Morgan fingerprint density at radius 2 is 1.77 bits per heavy atom. The predicted octanol–water partition coefficient (Wildman–Crippen LogP) is 2.92. The molecule has 0 radical (unpaired) electrons. The van der Waals surface area contributed by atoms with E-state index in [4.69, 9.17) is 9.47 Å². The van der Waals surface area contributed by atoms with Crippen molar-refractivity contribution in [2.45, 2.75) is 19.5 Å². The van der Waals surface area contributed by atoms with Crippen LogP contribution in [0.25, 0.3) is 0 Å². The molecule has 0 saturated heterocycles. The van der Waals surface area contributed by atoms with E-state index in [1.54, 1.807) is 19.1 Å². The highest BCUT2D eigenvalue weighted by Gasteiger charge is 2.27. The third-order valence-electron chi connectivity index (χ3n) is 2.74. The first-order valence-electron chi connectivity index (χ1n) is 6.43. The highest BCUT2D eigenvalue weighted by molar-refractivity contribution is 5.92. The summed E-state index contributed by atoms with van der Waals surface area (Å²) in [7, 11) is 2.96. The number of rotatable bonds is 7. The smallest absolute Gasteiger partial charge is 0.411 e. The highest BCUT2D eigenvalue weighted by atomic mass is 19.4. The van der Waals surface area contributed by atoms with Gasteiger partial charge >= 0.3 is 6.18 Å². The van der Waals surface area contributed by atoms with Gasteiger partial charge in [-0.15, -0.1) is 0 Å². The lowest BCUT2D eigenvalue weighted by molar-refractivity contribution is -0.174. The Labute approximate surface area is 126 Å². The van der Waals surface area contributed by atoms with Gasteiger partial charge in [0.2, 0.25) is 5.91 Å². The topological polar surface area (TPSA) is 56.8 Å². The second-order valence-corrected chi connectivity index (χ2v) is 4.49. The zero-order chi connectivity index (χ0) is 16.8. The molecule has 1 rings (SSSR count). The maximum Gasteiger partial charge on any atom is 0.411 e. The number of halogens is 3. The number of aryl methyl sites for hydroxylation is 1. The van der Waals surface area contributed by atoms with Crippen molar-refractivity contribution in [1.29, 1.82) is 0 Å². The first-order valence-corrected chi connectivity index (χ1v) is 6.43. The van der Waals surface area contributed by atoms with Gasteiger partial charge in [-0.25, -0.2) is 0 Å². The van der Waals surface area contributed by atoms with Gasteiger partial charge in [-0.1, -0.05) is 0 Å². The fourth-order valence-electron chi connectivity index (χ4n) is 1.68. The summed E-state index contributed by atoms with van der Waals surface area (Å²) in [6.07, 6.45) is -4.57. The number of benzene rings is 1. The highest BCUT2D eigenvalue weighted by Crippen LogP contribution is 2.32. The molecule has 1 aromatic rings. The first-order chi connectivity index (χ1) is 10.3. The Balaban J connectivity index is 2.57. The van der Waals surface area contributed by atoms with Crippen LogP contribution in [0.15, 0.2) is 12.1 Å². The summed E-state index contributed by atoms with van der Waals surface area (Å²) in [4.78, 5) is 11.7. The maximum absolute atomic E-state index is 11.9. The molecule has 124 valence electrons. The molecular weight excluding hydrogens is 303 g/mol. The SMILES string of the molecule is COc1cc(C)c(NC(=O)CCOCC(F)(F)F)cc1OC. The summed E-state index contributed by atoms with van der Waals surface area (Å²) < 4.78 is 50.3. The zero-order valence-electron chi connectivity index (χ0n) is 12.5. The van der Waals surface area contributed by atoms with E-state index in [9.17, 15) is 18.0 Å². The number of hydrogen-bond donors (Lipinski definition) is 1. The average molecular weight is 321 g/mol. The van der Waals surface area contributed by atoms with Gasteiger partial charge in [-0.05, 0) is 18.6 Å². The van der Waals surface area contributed by atoms with E-state index in [0.717, 1.165) is 5.56 Å². The van der Waals surface area contributed by atoms with Crippen molar-refractivity contribution in [2.75, 3.05) is 32.8 Å². The number of nitrogens with one attached hydrogen (secondary N) is 1. The molecule has 0 aliphatic heterocycles. The Morgan fingerprint density at radius 3 is 2.32 bits per heavy atom. The van der Waals surface area contributed by atoms with Crippen LogP contribution < -0.4 is 14.8 Å². The minimum Gasteiger partial charge on any atom is -0.493 e. The van der Waals surface area contributed by atoms with E-state index in [0.29, 0.717) is 17.2 Å². The number of carbonyl (C=O) groups is 1. The van der Waals surface area contributed by atoms with Crippen LogP contribution in [-0.4, -0.2) is 39.5 Å². The molecule has 1 aromatic carbocycles. The predicted molar refractivity (Wildman–Crippen MR) is 74.4 cm³/mol. The van der Waals surface area contributed by atoms with E-state index < -0.39 is 18.7 Å². The molecule has 22 heavy (non-hydrogen) atoms. The molecule has 0 unspecified atom stereocenters. The van der Waals surface area contributed by atoms with Gasteiger partial charge in [0, 0.05) is 11.8 Å². The van der Waals surface area contributed by atoms with Crippen LogP contribution in [0.3, 0.4) is 0 Å². The van der Waals surface area contributed by atoms with E-state index in [1.165, 1.54) is 14.2 Å². The van der Waals surface area contributed by atoms with Gasteiger partial charge in [0.05, 0.1) is 27.2 Å². The molecule has 1 amide bonds. The number of amides is 1. The molecular formula is C14H18F3NO4. The Bertz CT molecular complexity index is 518. The summed E-state index contributed by atoms with van der Waals surface area (Å²) in [5.41, 5.74) is 1.24. The van der Waals surface area contributed by atoms with E-state index in [-0.39, 0.29) is 13.0 Å². The minimum atomic E-state index is -4.39. The Hall–Kier alpha value is -1.96. The maximum atomic E-state index is 11.9. The van der Waals surface area contributed by atoms with Crippen LogP contribution in [-0.2, 0) is 9.53 Å². The monoisotopic (exact) mass is 321 g/mol. The number of methoxy groups -OCH3 is 2. The molecule has 0 saturated carbocycles. The lowest BCUT2D eigenvalue weighted by atomic mass is 10.1. The largest absolute Gasteiger partial charge is 0.493 e. The van der Waals surface area contributed by atoms with Gasteiger partial charge < -0.3 is 19.5 Å². The molecule has 5 nitrogen and oxygen atoms in total. The lowest BCUT2D eigenvalue weighted by Crippen LogP contribution is -2.20. The molecule has 0 atom stereocenters. The summed E-state index contributed by atoms with van der Waals surface area (Å²) in [5.74, 6) is 0.515. The standard InChI is InChI=1S/C14H18F3NO4/c1-9-6-11(20-2)12(21-3)7-10(9)18-13(19)4-5-22-8-14(15,16)17/h6-7H,4-5,8H2,1-3H3,(H,18,19).